The van der Waals surface area contributed by atoms with E-state index < -0.39 is 0 Å². The van der Waals surface area contributed by atoms with Crippen molar-refractivity contribution in [1.82, 2.24) is 16.0 Å². The monoisotopic (exact) mass is 285 g/mol. The Labute approximate surface area is 121 Å². The lowest BCUT2D eigenvalue weighted by atomic mass is 9.77. The van der Waals surface area contributed by atoms with Gasteiger partial charge < -0.3 is 20.7 Å². The second-order valence-electron chi connectivity index (χ2n) is 5.26. The van der Waals surface area contributed by atoms with Gasteiger partial charge in [0.25, 0.3) is 0 Å². The molecular weight excluding hydrogens is 258 g/mol. The highest BCUT2D eigenvalue weighted by Gasteiger charge is 2.37. The highest BCUT2D eigenvalue weighted by atomic mass is 16.5. The van der Waals surface area contributed by atoms with Crippen molar-refractivity contribution in [3.05, 3.63) is 0 Å². The van der Waals surface area contributed by atoms with E-state index in [2.05, 4.69) is 16.0 Å². The molecule has 0 bridgehead atoms. The summed E-state index contributed by atoms with van der Waals surface area (Å²) in [6.45, 7) is 5.16. The molecule has 20 heavy (non-hydrogen) atoms. The molecule has 1 fully saturated rings. The quantitative estimate of drug-likeness (QED) is 0.550. The fourth-order valence-electron chi connectivity index (χ4n) is 2.48. The summed E-state index contributed by atoms with van der Waals surface area (Å²) >= 11 is 0. The molecule has 1 heterocycles. The number of hydrogen-bond donors (Lipinski definition) is 3. The van der Waals surface area contributed by atoms with Gasteiger partial charge in [-0.1, -0.05) is 6.92 Å². The van der Waals surface area contributed by atoms with E-state index in [1.165, 1.54) is 0 Å². The van der Waals surface area contributed by atoms with Crippen molar-refractivity contribution >= 4 is 11.8 Å². The molecule has 1 unspecified atom stereocenters. The minimum atomic E-state index is -0.301. The summed E-state index contributed by atoms with van der Waals surface area (Å²) in [6, 6.07) is 0. The summed E-state index contributed by atoms with van der Waals surface area (Å²) in [7, 11) is 1.59. The lowest BCUT2D eigenvalue weighted by Gasteiger charge is -2.35. The number of hydrogen-bond acceptors (Lipinski definition) is 4. The molecule has 0 aliphatic carbocycles. The molecule has 116 valence electrons. The number of ether oxygens (including phenoxy) is 1. The van der Waals surface area contributed by atoms with E-state index in [0.717, 1.165) is 32.4 Å². The van der Waals surface area contributed by atoms with Crippen molar-refractivity contribution in [2.75, 3.05) is 39.9 Å². The molecular formula is C14H27N3O3. The first-order chi connectivity index (χ1) is 9.64. The van der Waals surface area contributed by atoms with E-state index in [1.54, 1.807) is 7.11 Å². The van der Waals surface area contributed by atoms with Crippen molar-refractivity contribution in [3.63, 3.8) is 0 Å². The Morgan fingerprint density at radius 1 is 1.30 bits per heavy atom. The largest absolute Gasteiger partial charge is 0.383 e. The Hall–Kier alpha value is -1.14. The molecule has 3 N–H and O–H groups in total. The zero-order valence-corrected chi connectivity index (χ0v) is 12.6. The summed E-state index contributed by atoms with van der Waals surface area (Å²) in [4.78, 5) is 23.8. The Kier molecular flexibility index (Phi) is 7.54. The van der Waals surface area contributed by atoms with Crippen molar-refractivity contribution in [1.29, 1.82) is 0 Å². The van der Waals surface area contributed by atoms with E-state index in [0.29, 0.717) is 26.1 Å². The Morgan fingerprint density at radius 3 is 2.70 bits per heavy atom. The van der Waals surface area contributed by atoms with Crippen molar-refractivity contribution in [3.8, 4) is 0 Å². The van der Waals surface area contributed by atoms with E-state index in [1.807, 2.05) is 6.92 Å². The van der Waals surface area contributed by atoms with Crippen LogP contribution in [-0.4, -0.2) is 51.7 Å². The van der Waals surface area contributed by atoms with Crippen LogP contribution in [0.25, 0.3) is 0 Å². The first kappa shape index (κ1) is 16.9. The molecule has 1 saturated heterocycles. The smallest absolute Gasteiger partial charge is 0.227 e. The van der Waals surface area contributed by atoms with Crippen LogP contribution in [0.1, 0.15) is 32.6 Å². The van der Waals surface area contributed by atoms with Crippen LogP contribution in [0.5, 0.6) is 0 Å². The van der Waals surface area contributed by atoms with Crippen molar-refractivity contribution in [2.24, 2.45) is 5.41 Å². The molecule has 0 radical (unpaired) electrons. The maximum absolute atomic E-state index is 12.3. The van der Waals surface area contributed by atoms with Gasteiger partial charge in [-0.25, -0.2) is 0 Å². The molecule has 6 nitrogen and oxygen atoms in total. The fourth-order valence-corrected chi connectivity index (χ4v) is 2.48. The highest BCUT2D eigenvalue weighted by Crippen LogP contribution is 2.30. The summed E-state index contributed by atoms with van der Waals surface area (Å²) in [5, 5.41) is 8.91. The predicted molar refractivity (Wildman–Crippen MR) is 77.3 cm³/mol. The van der Waals surface area contributed by atoms with Gasteiger partial charge >= 0.3 is 0 Å². The maximum atomic E-state index is 12.3. The minimum absolute atomic E-state index is 0.0605. The number of carbonyl (C=O) groups is 2. The van der Waals surface area contributed by atoms with E-state index in [9.17, 15) is 9.59 Å². The average molecular weight is 285 g/mol. The third kappa shape index (κ3) is 5.09. The Morgan fingerprint density at radius 2 is 2.10 bits per heavy atom. The molecule has 0 saturated carbocycles. The maximum Gasteiger partial charge on any atom is 0.227 e. The third-order valence-corrected chi connectivity index (χ3v) is 3.90. The lowest BCUT2D eigenvalue weighted by Crippen LogP contribution is -2.50. The van der Waals surface area contributed by atoms with Crippen molar-refractivity contribution < 1.29 is 14.3 Å². The molecule has 1 aliphatic rings. The van der Waals surface area contributed by atoms with Gasteiger partial charge in [-0.2, -0.15) is 0 Å². The SMILES string of the molecule is CCC1(C(=O)NCCC(=O)NCCOC)CCCNC1. The third-order valence-electron chi connectivity index (χ3n) is 3.90. The molecule has 1 atom stereocenters. The molecule has 0 spiro atoms. The molecule has 6 heteroatoms. The molecule has 0 aromatic rings. The summed E-state index contributed by atoms with van der Waals surface area (Å²) in [6.07, 6.45) is 3.08. The van der Waals surface area contributed by atoms with Crippen LogP contribution in [0.4, 0.5) is 0 Å². The number of nitrogens with one attached hydrogen (secondary N) is 3. The molecule has 1 rings (SSSR count). The van der Waals surface area contributed by atoms with Gasteiger partial charge in [-0.15, -0.1) is 0 Å². The zero-order valence-electron chi connectivity index (χ0n) is 12.6. The van der Waals surface area contributed by atoms with E-state index in [-0.39, 0.29) is 17.2 Å². The second-order valence-corrected chi connectivity index (χ2v) is 5.26. The van der Waals surface area contributed by atoms with Gasteiger partial charge in [0, 0.05) is 33.2 Å². The minimum Gasteiger partial charge on any atom is -0.383 e. The number of methoxy groups -OCH3 is 1. The van der Waals surface area contributed by atoms with Gasteiger partial charge in [-0.3, -0.25) is 9.59 Å². The van der Waals surface area contributed by atoms with Gasteiger partial charge in [-0.05, 0) is 25.8 Å². The lowest BCUT2D eigenvalue weighted by molar-refractivity contribution is -0.132. The van der Waals surface area contributed by atoms with Gasteiger partial charge in [0.15, 0.2) is 0 Å². The number of piperidine rings is 1. The van der Waals surface area contributed by atoms with E-state index in [4.69, 9.17) is 4.74 Å². The first-order valence-corrected chi connectivity index (χ1v) is 7.39. The fraction of sp³-hybridized carbons (Fsp3) is 0.857. The van der Waals surface area contributed by atoms with Gasteiger partial charge in [0.05, 0.1) is 12.0 Å². The van der Waals surface area contributed by atoms with Crippen LogP contribution in [0.2, 0.25) is 0 Å². The van der Waals surface area contributed by atoms with Crippen LogP contribution in [-0.2, 0) is 14.3 Å². The number of amides is 2. The summed E-state index contributed by atoms with van der Waals surface area (Å²) in [5.41, 5.74) is -0.301. The van der Waals surface area contributed by atoms with Crippen LogP contribution in [0.15, 0.2) is 0 Å². The van der Waals surface area contributed by atoms with Gasteiger partial charge in [0.2, 0.25) is 11.8 Å². The highest BCUT2D eigenvalue weighted by molar-refractivity contribution is 5.83. The zero-order chi connectivity index (χ0) is 14.8. The number of carbonyl (C=O) groups excluding carboxylic acids is 2. The molecule has 1 aliphatic heterocycles. The average Bonchev–Trinajstić information content (AvgIpc) is 2.48. The van der Waals surface area contributed by atoms with Crippen LogP contribution >= 0.6 is 0 Å². The molecule has 0 aromatic carbocycles. The van der Waals surface area contributed by atoms with Crippen molar-refractivity contribution in [2.45, 2.75) is 32.6 Å². The second kappa shape index (κ2) is 8.92. The Bertz CT molecular complexity index is 315. The van der Waals surface area contributed by atoms with E-state index >= 15 is 0 Å². The molecule has 2 amide bonds. The van der Waals surface area contributed by atoms with Crippen LogP contribution in [0, 0.1) is 5.41 Å². The van der Waals surface area contributed by atoms with Crippen LogP contribution in [0.3, 0.4) is 0 Å². The predicted octanol–water partition coefficient (Wildman–Crippen LogP) is 0.0351. The standard InChI is InChI=1S/C14H27N3O3/c1-3-14(6-4-7-15-11-14)13(19)17-8-5-12(18)16-9-10-20-2/h15H,3-11H2,1-2H3,(H,16,18)(H,17,19). The summed E-state index contributed by atoms with van der Waals surface area (Å²) in [5.74, 6) is 0.00607. The topological polar surface area (TPSA) is 79.5 Å². The Balaban J connectivity index is 2.26. The normalized spacial score (nSPS) is 22.3. The van der Waals surface area contributed by atoms with Crippen LogP contribution < -0.4 is 16.0 Å². The number of rotatable bonds is 8. The molecule has 0 aromatic heterocycles. The first-order valence-electron chi connectivity index (χ1n) is 7.39. The van der Waals surface area contributed by atoms with Gasteiger partial charge in [0.1, 0.15) is 0 Å². The summed E-state index contributed by atoms with van der Waals surface area (Å²) < 4.78 is 4.85.